The molecule has 0 aromatic carbocycles. The molecule has 1 aromatic rings. The van der Waals surface area contributed by atoms with Crippen molar-refractivity contribution in [1.82, 2.24) is 15.3 Å². The molecule has 0 aliphatic rings. The molecule has 0 saturated carbocycles. The highest BCUT2D eigenvalue weighted by Gasteiger charge is 2.11. The van der Waals surface area contributed by atoms with Crippen LogP contribution in [-0.4, -0.2) is 29.7 Å². The van der Waals surface area contributed by atoms with Gasteiger partial charge < -0.3 is 15.0 Å². The number of halogens is 1. The number of nitrogens with zero attached hydrogens (tertiary/aromatic N) is 1. The molecule has 1 heterocycles. The first-order valence-electron chi connectivity index (χ1n) is 7.16. The van der Waals surface area contributed by atoms with Gasteiger partial charge in [-0.05, 0) is 12.8 Å². The zero-order valence-electron chi connectivity index (χ0n) is 12.3. The van der Waals surface area contributed by atoms with E-state index in [0.717, 1.165) is 50.2 Å². The summed E-state index contributed by atoms with van der Waals surface area (Å²) in [4.78, 5) is 7.67. The number of hydrogen-bond donors (Lipinski definition) is 2. The molecule has 0 saturated heterocycles. The molecule has 0 amide bonds. The maximum Gasteiger partial charge on any atom is 0.151 e. The van der Waals surface area contributed by atoms with Gasteiger partial charge in [-0.2, -0.15) is 0 Å². The number of ether oxygens (including phenoxy) is 1. The van der Waals surface area contributed by atoms with E-state index in [9.17, 15) is 0 Å². The van der Waals surface area contributed by atoms with Crippen LogP contribution in [0.5, 0.6) is 0 Å². The van der Waals surface area contributed by atoms with Gasteiger partial charge in [0.2, 0.25) is 0 Å². The van der Waals surface area contributed by atoms with Gasteiger partial charge in [-0.3, -0.25) is 0 Å². The van der Waals surface area contributed by atoms with Gasteiger partial charge in [-0.1, -0.05) is 38.3 Å². The lowest BCUT2D eigenvalue weighted by Gasteiger charge is -2.16. The molecule has 110 valence electrons. The van der Waals surface area contributed by atoms with Crippen molar-refractivity contribution in [1.29, 1.82) is 0 Å². The molecular weight excluding hydrogens is 262 g/mol. The van der Waals surface area contributed by atoms with Crippen LogP contribution >= 0.6 is 11.6 Å². The fourth-order valence-electron chi connectivity index (χ4n) is 2.06. The van der Waals surface area contributed by atoms with Crippen molar-refractivity contribution in [3.63, 3.8) is 0 Å². The Morgan fingerprint density at radius 3 is 2.79 bits per heavy atom. The van der Waals surface area contributed by atoms with Crippen molar-refractivity contribution in [2.75, 3.05) is 13.7 Å². The SMILES string of the molecule is CCCCc1nc(Cl)c(CNC(CCC)COC)[nH]1. The number of methoxy groups -OCH3 is 1. The van der Waals surface area contributed by atoms with Crippen LogP contribution in [0.25, 0.3) is 0 Å². The fraction of sp³-hybridized carbons (Fsp3) is 0.786. The highest BCUT2D eigenvalue weighted by atomic mass is 35.5. The summed E-state index contributed by atoms with van der Waals surface area (Å²) in [5, 5.41) is 4.06. The van der Waals surface area contributed by atoms with Crippen molar-refractivity contribution >= 4 is 11.6 Å². The number of aryl methyl sites for hydroxylation is 1. The van der Waals surface area contributed by atoms with Crippen LogP contribution in [0.3, 0.4) is 0 Å². The third-order valence-corrected chi connectivity index (χ3v) is 3.43. The molecule has 0 spiro atoms. The van der Waals surface area contributed by atoms with Gasteiger partial charge in [-0.25, -0.2) is 4.98 Å². The van der Waals surface area contributed by atoms with E-state index in [-0.39, 0.29) is 0 Å². The molecule has 1 atom stereocenters. The van der Waals surface area contributed by atoms with Crippen molar-refractivity contribution in [3.05, 3.63) is 16.7 Å². The van der Waals surface area contributed by atoms with E-state index in [1.165, 1.54) is 0 Å². The molecule has 0 fully saturated rings. The first kappa shape index (κ1) is 16.5. The van der Waals surface area contributed by atoms with Crippen molar-refractivity contribution < 1.29 is 4.74 Å². The number of aromatic nitrogens is 2. The van der Waals surface area contributed by atoms with E-state index in [0.29, 0.717) is 17.7 Å². The first-order valence-corrected chi connectivity index (χ1v) is 7.54. The highest BCUT2D eigenvalue weighted by Crippen LogP contribution is 2.14. The lowest BCUT2D eigenvalue weighted by Crippen LogP contribution is -2.32. The zero-order valence-corrected chi connectivity index (χ0v) is 13.0. The first-order chi connectivity index (χ1) is 9.21. The molecule has 4 nitrogen and oxygen atoms in total. The maximum atomic E-state index is 6.15. The molecule has 1 aromatic heterocycles. The average Bonchev–Trinajstić information content (AvgIpc) is 2.75. The van der Waals surface area contributed by atoms with Gasteiger partial charge >= 0.3 is 0 Å². The molecule has 0 aliphatic carbocycles. The van der Waals surface area contributed by atoms with E-state index in [2.05, 4.69) is 29.1 Å². The Labute approximate surface area is 121 Å². The molecule has 5 heteroatoms. The summed E-state index contributed by atoms with van der Waals surface area (Å²) in [6.07, 6.45) is 5.51. The summed E-state index contributed by atoms with van der Waals surface area (Å²) in [5.41, 5.74) is 0.977. The molecule has 19 heavy (non-hydrogen) atoms. The fourth-order valence-corrected chi connectivity index (χ4v) is 2.28. The minimum Gasteiger partial charge on any atom is -0.383 e. The van der Waals surface area contributed by atoms with Gasteiger partial charge in [-0.15, -0.1) is 0 Å². The number of imidazole rings is 1. The topological polar surface area (TPSA) is 49.9 Å². The second-order valence-corrected chi connectivity index (χ2v) is 5.24. The molecule has 1 rings (SSSR count). The number of nitrogens with one attached hydrogen (secondary N) is 2. The predicted octanol–water partition coefficient (Wildman–Crippen LogP) is 3.31. The van der Waals surface area contributed by atoms with Crippen LogP contribution < -0.4 is 5.32 Å². The van der Waals surface area contributed by atoms with E-state index < -0.39 is 0 Å². The lowest BCUT2D eigenvalue weighted by molar-refractivity contribution is 0.161. The lowest BCUT2D eigenvalue weighted by atomic mass is 10.2. The van der Waals surface area contributed by atoms with Gasteiger partial charge in [0.1, 0.15) is 5.82 Å². The Morgan fingerprint density at radius 1 is 1.37 bits per heavy atom. The number of aromatic amines is 1. The Balaban J connectivity index is 2.48. The number of hydrogen-bond acceptors (Lipinski definition) is 3. The zero-order chi connectivity index (χ0) is 14.1. The van der Waals surface area contributed by atoms with Crippen molar-refractivity contribution in [2.24, 2.45) is 0 Å². The van der Waals surface area contributed by atoms with Crippen LogP contribution in [-0.2, 0) is 17.7 Å². The highest BCUT2D eigenvalue weighted by molar-refractivity contribution is 6.30. The summed E-state index contributed by atoms with van der Waals surface area (Å²) in [5.74, 6) is 0.988. The number of unbranched alkanes of at least 4 members (excludes halogenated alkanes) is 1. The molecule has 0 aliphatic heterocycles. The second kappa shape index (κ2) is 9.34. The normalized spacial score (nSPS) is 12.8. The summed E-state index contributed by atoms with van der Waals surface area (Å²) in [6, 6.07) is 0.369. The summed E-state index contributed by atoms with van der Waals surface area (Å²) in [7, 11) is 1.73. The molecule has 0 bridgehead atoms. The Hall–Kier alpha value is -0.580. The van der Waals surface area contributed by atoms with Gasteiger partial charge in [0.15, 0.2) is 5.15 Å². The Kier molecular flexibility index (Phi) is 8.10. The summed E-state index contributed by atoms with van der Waals surface area (Å²) >= 11 is 6.15. The van der Waals surface area contributed by atoms with E-state index in [4.69, 9.17) is 16.3 Å². The van der Waals surface area contributed by atoms with Gasteiger partial charge in [0, 0.05) is 26.1 Å². The smallest absolute Gasteiger partial charge is 0.151 e. The van der Waals surface area contributed by atoms with Crippen LogP contribution in [0.1, 0.15) is 51.0 Å². The van der Waals surface area contributed by atoms with Crippen molar-refractivity contribution in [2.45, 2.75) is 58.5 Å². The third kappa shape index (κ3) is 5.93. The van der Waals surface area contributed by atoms with Crippen LogP contribution in [0, 0.1) is 0 Å². The standard InChI is InChI=1S/C14H26ClN3O/c1-4-6-8-13-17-12(14(15)18-13)9-16-11(7-5-2)10-19-3/h11,16H,4-10H2,1-3H3,(H,17,18). The summed E-state index contributed by atoms with van der Waals surface area (Å²) < 4.78 is 5.21. The monoisotopic (exact) mass is 287 g/mol. The van der Waals surface area contributed by atoms with Crippen LogP contribution in [0.4, 0.5) is 0 Å². The molecule has 0 radical (unpaired) electrons. The largest absolute Gasteiger partial charge is 0.383 e. The van der Waals surface area contributed by atoms with Gasteiger partial charge in [0.25, 0.3) is 0 Å². The minimum atomic E-state index is 0.369. The molecule has 1 unspecified atom stereocenters. The summed E-state index contributed by atoms with van der Waals surface area (Å²) in [6.45, 7) is 5.79. The average molecular weight is 288 g/mol. The minimum absolute atomic E-state index is 0.369. The maximum absolute atomic E-state index is 6.15. The predicted molar refractivity (Wildman–Crippen MR) is 79.6 cm³/mol. The quantitative estimate of drug-likeness (QED) is 0.694. The van der Waals surface area contributed by atoms with Crippen molar-refractivity contribution in [3.8, 4) is 0 Å². The van der Waals surface area contributed by atoms with E-state index in [1.54, 1.807) is 7.11 Å². The Bertz CT molecular complexity index is 348. The second-order valence-electron chi connectivity index (χ2n) is 4.88. The third-order valence-electron chi connectivity index (χ3n) is 3.12. The van der Waals surface area contributed by atoms with Gasteiger partial charge in [0.05, 0.1) is 12.3 Å². The van der Waals surface area contributed by atoms with E-state index >= 15 is 0 Å². The molecule has 2 N–H and O–H groups in total. The Morgan fingerprint density at radius 2 is 2.16 bits per heavy atom. The van der Waals surface area contributed by atoms with Crippen LogP contribution in [0.2, 0.25) is 5.15 Å². The van der Waals surface area contributed by atoms with Crippen LogP contribution in [0.15, 0.2) is 0 Å². The van der Waals surface area contributed by atoms with E-state index in [1.807, 2.05) is 0 Å². The molecular formula is C14H26ClN3O. The number of rotatable bonds is 10. The number of H-pyrrole nitrogens is 1.